The Morgan fingerprint density at radius 3 is 2.50 bits per heavy atom. The van der Waals surface area contributed by atoms with E-state index in [1.54, 1.807) is 0 Å². The van der Waals surface area contributed by atoms with Gasteiger partial charge in [-0.25, -0.2) is 0 Å². The first-order chi connectivity index (χ1) is 12.2. The lowest BCUT2D eigenvalue weighted by molar-refractivity contribution is 0.109. The quantitative estimate of drug-likeness (QED) is 0.698. The normalized spacial score (nSPS) is 21.7. The molecule has 2 heteroatoms. The molecule has 2 nitrogen and oxygen atoms in total. The molecule has 0 spiro atoms. The van der Waals surface area contributed by atoms with Crippen molar-refractivity contribution in [2.75, 3.05) is 6.61 Å². The standard InChI is InChI=1S/C24H30O2/c1-23(2,3)22-13-17-11-10-16(12-21(17)26-22)14-24(4,5)19-15-25-20-9-7-6-8-18(19)20/h6-12,19,22H,13-15H2,1-5H3. The molecule has 2 heterocycles. The van der Waals surface area contributed by atoms with Crippen LogP contribution in [0.25, 0.3) is 0 Å². The first-order valence-electron chi connectivity index (χ1n) is 9.74. The fourth-order valence-corrected chi connectivity index (χ4v) is 4.32. The van der Waals surface area contributed by atoms with Crippen molar-refractivity contribution in [1.82, 2.24) is 0 Å². The first-order valence-corrected chi connectivity index (χ1v) is 9.74. The van der Waals surface area contributed by atoms with Crippen LogP contribution in [0.1, 0.15) is 57.2 Å². The Bertz CT molecular complexity index is 813. The highest BCUT2D eigenvalue weighted by Gasteiger charge is 2.38. The predicted octanol–water partition coefficient (Wildman–Crippen LogP) is 5.78. The van der Waals surface area contributed by atoms with Crippen LogP contribution in [0.3, 0.4) is 0 Å². The number of hydrogen-bond donors (Lipinski definition) is 0. The van der Waals surface area contributed by atoms with E-state index in [9.17, 15) is 0 Å². The minimum Gasteiger partial charge on any atom is -0.493 e. The molecule has 0 aliphatic carbocycles. The van der Waals surface area contributed by atoms with E-state index in [0.29, 0.717) is 5.92 Å². The van der Waals surface area contributed by atoms with Crippen LogP contribution in [-0.4, -0.2) is 12.7 Å². The van der Waals surface area contributed by atoms with E-state index < -0.39 is 0 Å². The van der Waals surface area contributed by atoms with Crippen molar-refractivity contribution >= 4 is 0 Å². The summed E-state index contributed by atoms with van der Waals surface area (Å²) in [6.07, 6.45) is 2.31. The molecule has 0 N–H and O–H groups in total. The van der Waals surface area contributed by atoms with E-state index in [-0.39, 0.29) is 16.9 Å². The van der Waals surface area contributed by atoms with E-state index >= 15 is 0 Å². The molecule has 2 unspecified atom stereocenters. The number of para-hydroxylation sites is 1. The van der Waals surface area contributed by atoms with Gasteiger partial charge in [0.15, 0.2) is 0 Å². The summed E-state index contributed by atoms with van der Waals surface area (Å²) in [5.41, 5.74) is 4.35. The topological polar surface area (TPSA) is 18.5 Å². The maximum atomic E-state index is 6.28. The van der Waals surface area contributed by atoms with Crippen LogP contribution in [0.5, 0.6) is 11.5 Å². The Balaban J connectivity index is 1.54. The summed E-state index contributed by atoms with van der Waals surface area (Å²) in [6.45, 7) is 12.3. The van der Waals surface area contributed by atoms with E-state index in [4.69, 9.17) is 9.47 Å². The summed E-state index contributed by atoms with van der Waals surface area (Å²) in [6, 6.07) is 15.3. The number of fused-ring (bicyclic) bond motifs is 2. The average Bonchev–Trinajstić information content (AvgIpc) is 3.18. The highest BCUT2D eigenvalue weighted by atomic mass is 16.5. The van der Waals surface area contributed by atoms with Crippen molar-refractivity contribution in [2.24, 2.45) is 10.8 Å². The lowest BCUT2D eigenvalue weighted by Gasteiger charge is -2.31. The van der Waals surface area contributed by atoms with Crippen LogP contribution < -0.4 is 9.47 Å². The van der Waals surface area contributed by atoms with Gasteiger partial charge in [-0.2, -0.15) is 0 Å². The Hall–Kier alpha value is -1.96. The molecular weight excluding hydrogens is 320 g/mol. The Kier molecular flexibility index (Phi) is 4.06. The van der Waals surface area contributed by atoms with Crippen molar-refractivity contribution in [3.63, 3.8) is 0 Å². The second-order valence-corrected chi connectivity index (χ2v) is 9.69. The van der Waals surface area contributed by atoms with Gasteiger partial charge in [0.2, 0.25) is 0 Å². The number of benzene rings is 2. The predicted molar refractivity (Wildman–Crippen MR) is 106 cm³/mol. The largest absolute Gasteiger partial charge is 0.493 e. The highest BCUT2D eigenvalue weighted by Crippen LogP contribution is 2.46. The van der Waals surface area contributed by atoms with Gasteiger partial charge in [0, 0.05) is 17.9 Å². The van der Waals surface area contributed by atoms with Crippen LogP contribution in [0.4, 0.5) is 0 Å². The zero-order chi connectivity index (χ0) is 18.5. The Morgan fingerprint density at radius 1 is 0.962 bits per heavy atom. The van der Waals surface area contributed by atoms with Crippen molar-refractivity contribution in [3.05, 3.63) is 59.2 Å². The third-order valence-electron chi connectivity index (χ3n) is 6.08. The molecule has 26 heavy (non-hydrogen) atoms. The van der Waals surface area contributed by atoms with Gasteiger partial charge in [-0.15, -0.1) is 0 Å². The van der Waals surface area contributed by atoms with Crippen LogP contribution in [0.2, 0.25) is 0 Å². The fraction of sp³-hybridized carbons (Fsp3) is 0.500. The SMILES string of the molecule is CC(C)(C)C1Cc2ccc(CC(C)(C)C3COc4ccccc43)cc2O1. The van der Waals surface area contributed by atoms with Gasteiger partial charge in [-0.1, -0.05) is 65.0 Å². The molecule has 0 saturated heterocycles. The lowest BCUT2D eigenvalue weighted by Crippen LogP contribution is -2.30. The Labute approximate surface area is 157 Å². The molecule has 4 rings (SSSR count). The van der Waals surface area contributed by atoms with Gasteiger partial charge in [0.05, 0.1) is 6.61 Å². The molecule has 2 aliphatic heterocycles. The van der Waals surface area contributed by atoms with Crippen LogP contribution in [-0.2, 0) is 12.8 Å². The Morgan fingerprint density at radius 2 is 1.73 bits per heavy atom. The number of ether oxygens (including phenoxy) is 2. The zero-order valence-electron chi connectivity index (χ0n) is 16.6. The number of rotatable bonds is 3. The average molecular weight is 351 g/mol. The van der Waals surface area contributed by atoms with Gasteiger partial charge in [-0.05, 0) is 40.5 Å². The van der Waals surface area contributed by atoms with Gasteiger partial charge in [0.1, 0.15) is 17.6 Å². The minimum atomic E-state index is 0.128. The zero-order valence-corrected chi connectivity index (χ0v) is 16.6. The van der Waals surface area contributed by atoms with E-state index in [1.165, 1.54) is 16.7 Å². The van der Waals surface area contributed by atoms with Crippen LogP contribution in [0.15, 0.2) is 42.5 Å². The molecule has 0 fully saturated rings. The fourth-order valence-electron chi connectivity index (χ4n) is 4.32. The molecular formula is C24H30O2. The van der Waals surface area contributed by atoms with Crippen molar-refractivity contribution in [3.8, 4) is 11.5 Å². The lowest BCUT2D eigenvalue weighted by atomic mass is 9.72. The summed E-state index contributed by atoms with van der Waals surface area (Å²) in [5.74, 6) is 2.56. The monoisotopic (exact) mass is 350 g/mol. The molecule has 0 amide bonds. The summed E-state index contributed by atoms with van der Waals surface area (Å²) >= 11 is 0. The second-order valence-electron chi connectivity index (χ2n) is 9.69. The molecule has 0 saturated carbocycles. The molecule has 0 radical (unpaired) electrons. The molecule has 2 atom stereocenters. The summed E-state index contributed by atoms with van der Waals surface area (Å²) in [5, 5.41) is 0. The van der Waals surface area contributed by atoms with E-state index in [2.05, 4.69) is 77.1 Å². The summed E-state index contributed by atoms with van der Waals surface area (Å²) in [7, 11) is 0. The van der Waals surface area contributed by atoms with Crippen molar-refractivity contribution < 1.29 is 9.47 Å². The number of hydrogen-bond acceptors (Lipinski definition) is 2. The van der Waals surface area contributed by atoms with E-state index in [1.807, 2.05) is 0 Å². The van der Waals surface area contributed by atoms with Crippen LogP contribution in [0, 0.1) is 10.8 Å². The van der Waals surface area contributed by atoms with Crippen LogP contribution >= 0.6 is 0 Å². The highest BCUT2D eigenvalue weighted by molar-refractivity contribution is 5.43. The minimum absolute atomic E-state index is 0.128. The molecule has 2 aliphatic rings. The molecule has 0 aromatic heterocycles. The third kappa shape index (κ3) is 3.11. The summed E-state index contributed by atoms with van der Waals surface area (Å²) in [4.78, 5) is 0. The first kappa shape index (κ1) is 17.5. The summed E-state index contributed by atoms with van der Waals surface area (Å²) < 4.78 is 12.2. The molecule has 2 aromatic carbocycles. The third-order valence-corrected chi connectivity index (χ3v) is 6.08. The molecule has 0 bridgehead atoms. The second kappa shape index (κ2) is 6.04. The maximum Gasteiger partial charge on any atom is 0.123 e. The van der Waals surface area contributed by atoms with Gasteiger partial charge >= 0.3 is 0 Å². The van der Waals surface area contributed by atoms with Crippen molar-refractivity contribution in [2.45, 2.75) is 59.5 Å². The molecule has 138 valence electrons. The van der Waals surface area contributed by atoms with Crippen molar-refractivity contribution in [1.29, 1.82) is 0 Å². The smallest absolute Gasteiger partial charge is 0.123 e. The van der Waals surface area contributed by atoms with Gasteiger partial charge in [-0.3, -0.25) is 0 Å². The molecule has 2 aromatic rings. The maximum absolute atomic E-state index is 6.28. The van der Waals surface area contributed by atoms with Gasteiger partial charge in [0.25, 0.3) is 0 Å². The van der Waals surface area contributed by atoms with Gasteiger partial charge < -0.3 is 9.47 Å². The van der Waals surface area contributed by atoms with E-state index in [0.717, 1.165) is 30.9 Å².